The molecule has 1 aliphatic heterocycles. The fraction of sp³-hybridized carbons (Fsp3) is 0.533. The predicted molar refractivity (Wildman–Crippen MR) is 78.2 cm³/mol. The Hall–Kier alpha value is -1.46. The van der Waals surface area contributed by atoms with E-state index in [9.17, 15) is 9.18 Å². The molecule has 0 aliphatic carbocycles. The largest absolute Gasteiger partial charge is 0.325 e. The third-order valence-corrected chi connectivity index (χ3v) is 3.44. The van der Waals surface area contributed by atoms with Crippen molar-refractivity contribution in [2.75, 3.05) is 38.0 Å². The molecule has 0 radical (unpaired) electrons. The minimum Gasteiger partial charge on any atom is -0.325 e. The Bertz CT molecular complexity index is 416. The van der Waals surface area contributed by atoms with Gasteiger partial charge in [0.25, 0.3) is 0 Å². The minimum absolute atomic E-state index is 0.0993. The molecule has 1 heterocycles. The SMILES string of the molecule is O=C(CNCCCN1CCCC1)Nc1ccc(F)cc1. The number of nitrogens with zero attached hydrogens (tertiary/aromatic N) is 1. The smallest absolute Gasteiger partial charge is 0.238 e. The van der Waals surface area contributed by atoms with Crippen LogP contribution in [0.2, 0.25) is 0 Å². The highest BCUT2D eigenvalue weighted by molar-refractivity contribution is 5.92. The first-order valence-corrected chi connectivity index (χ1v) is 7.22. The average Bonchev–Trinajstić information content (AvgIpc) is 2.94. The third kappa shape index (κ3) is 5.27. The lowest BCUT2D eigenvalue weighted by atomic mass is 10.3. The van der Waals surface area contributed by atoms with Crippen LogP contribution in [0.5, 0.6) is 0 Å². The number of likely N-dealkylation sites (tertiary alicyclic amines) is 1. The van der Waals surface area contributed by atoms with Gasteiger partial charge in [-0.05, 0) is 69.7 Å². The summed E-state index contributed by atoms with van der Waals surface area (Å²) in [5.74, 6) is -0.402. The molecule has 2 rings (SSSR count). The van der Waals surface area contributed by atoms with Gasteiger partial charge in [0.15, 0.2) is 0 Å². The lowest BCUT2D eigenvalue weighted by Gasteiger charge is -2.14. The van der Waals surface area contributed by atoms with Crippen molar-refractivity contribution in [2.45, 2.75) is 19.3 Å². The molecule has 5 heteroatoms. The van der Waals surface area contributed by atoms with Crippen LogP contribution in [0.4, 0.5) is 10.1 Å². The number of benzene rings is 1. The Morgan fingerprint density at radius 1 is 1.20 bits per heavy atom. The van der Waals surface area contributed by atoms with E-state index in [-0.39, 0.29) is 18.3 Å². The lowest BCUT2D eigenvalue weighted by Crippen LogP contribution is -2.30. The molecule has 0 aromatic heterocycles. The monoisotopic (exact) mass is 279 g/mol. The summed E-state index contributed by atoms with van der Waals surface area (Å²) in [6.45, 7) is 4.66. The Kier molecular flexibility index (Phi) is 5.95. The van der Waals surface area contributed by atoms with E-state index in [4.69, 9.17) is 0 Å². The minimum atomic E-state index is -0.303. The number of nitrogens with one attached hydrogen (secondary N) is 2. The molecule has 1 fully saturated rings. The molecule has 0 saturated carbocycles. The molecular weight excluding hydrogens is 257 g/mol. The maximum Gasteiger partial charge on any atom is 0.238 e. The number of amides is 1. The Balaban J connectivity index is 1.54. The second-order valence-electron chi connectivity index (χ2n) is 5.13. The zero-order valence-corrected chi connectivity index (χ0v) is 11.7. The molecule has 0 atom stereocenters. The molecule has 1 aliphatic rings. The molecule has 0 bridgehead atoms. The number of hydrogen-bond donors (Lipinski definition) is 2. The summed E-state index contributed by atoms with van der Waals surface area (Å²) in [6, 6.07) is 5.78. The first kappa shape index (κ1) is 14.9. The van der Waals surface area contributed by atoms with Crippen LogP contribution in [0, 0.1) is 5.82 Å². The van der Waals surface area contributed by atoms with Gasteiger partial charge in [0, 0.05) is 5.69 Å². The molecule has 0 spiro atoms. The van der Waals surface area contributed by atoms with Crippen LogP contribution in [0.3, 0.4) is 0 Å². The molecule has 110 valence electrons. The van der Waals surface area contributed by atoms with Crippen LogP contribution in [0.1, 0.15) is 19.3 Å². The lowest BCUT2D eigenvalue weighted by molar-refractivity contribution is -0.115. The van der Waals surface area contributed by atoms with Crippen molar-refractivity contribution in [3.8, 4) is 0 Å². The summed E-state index contributed by atoms with van der Waals surface area (Å²) >= 11 is 0. The quantitative estimate of drug-likeness (QED) is 0.749. The van der Waals surface area contributed by atoms with E-state index in [1.807, 2.05) is 0 Å². The van der Waals surface area contributed by atoms with Gasteiger partial charge in [-0.1, -0.05) is 0 Å². The maximum absolute atomic E-state index is 12.7. The standard InChI is InChI=1S/C15H22FN3O/c16-13-4-6-14(7-5-13)18-15(20)12-17-8-3-11-19-9-1-2-10-19/h4-7,17H,1-3,8-12H2,(H,18,20). The molecule has 1 aromatic rings. The second kappa shape index (κ2) is 7.97. The molecule has 1 saturated heterocycles. The molecule has 0 unspecified atom stereocenters. The van der Waals surface area contributed by atoms with Crippen molar-refractivity contribution in [1.29, 1.82) is 0 Å². The van der Waals surface area contributed by atoms with E-state index in [1.165, 1.54) is 38.1 Å². The Morgan fingerprint density at radius 2 is 1.90 bits per heavy atom. The van der Waals surface area contributed by atoms with E-state index < -0.39 is 0 Å². The predicted octanol–water partition coefficient (Wildman–Crippen LogP) is 1.84. The topological polar surface area (TPSA) is 44.4 Å². The fourth-order valence-corrected chi connectivity index (χ4v) is 2.37. The van der Waals surface area contributed by atoms with E-state index in [0.717, 1.165) is 19.5 Å². The molecule has 1 amide bonds. The summed E-state index contributed by atoms with van der Waals surface area (Å²) in [4.78, 5) is 14.1. The van der Waals surface area contributed by atoms with Crippen molar-refractivity contribution in [3.63, 3.8) is 0 Å². The van der Waals surface area contributed by atoms with Crippen molar-refractivity contribution < 1.29 is 9.18 Å². The number of halogens is 1. The van der Waals surface area contributed by atoms with Gasteiger partial charge in [0.2, 0.25) is 5.91 Å². The Morgan fingerprint density at radius 3 is 2.60 bits per heavy atom. The first-order chi connectivity index (χ1) is 9.74. The summed E-state index contributed by atoms with van der Waals surface area (Å²) in [5.41, 5.74) is 0.621. The maximum atomic E-state index is 12.7. The van der Waals surface area contributed by atoms with Crippen molar-refractivity contribution >= 4 is 11.6 Å². The highest BCUT2D eigenvalue weighted by Gasteiger charge is 2.10. The number of anilines is 1. The molecule has 1 aromatic carbocycles. The first-order valence-electron chi connectivity index (χ1n) is 7.22. The average molecular weight is 279 g/mol. The van der Waals surface area contributed by atoms with Crippen LogP contribution in [-0.2, 0) is 4.79 Å². The van der Waals surface area contributed by atoms with Crippen molar-refractivity contribution in [1.82, 2.24) is 10.2 Å². The van der Waals surface area contributed by atoms with Crippen LogP contribution in [0.15, 0.2) is 24.3 Å². The van der Waals surface area contributed by atoms with Crippen LogP contribution in [0.25, 0.3) is 0 Å². The van der Waals surface area contributed by atoms with E-state index in [0.29, 0.717) is 5.69 Å². The van der Waals surface area contributed by atoms with Gasteiger partial charge in [0.1, 0.15) is 5.82 Å². The zero-order valence-electron chi connectivity index (χ0n) is 11.7. The third-order valence-electron chi connectivity index (χ3n) is 3.44. The normalized spacial score (nSPS) is 15.4. The van der Waals surface area contributed by atoms with Crippen LogP contribution >= 0.6 is 0 Å². The summed E-state index contributed by atoms with van der Waals surface area (Å²) in [5, 5.41) is 5.85. The number of carbonyl (C=O) groups excluding carboxylic acids is 1. The van der Waals surface area contributed by atoms with Crippen molar-refractivity contribution in [2.24, 2.45) is 0 Å². The van der Waals surface area contributed by atoms with Gasteiger partial charge in [-0.2, -0.15) is 0 Å². The van der Waals surface area contributed by atoms with E-state index in [1.54, 1.807) is 12.1 Å². The summed E-state index contributed by atoms with van der Waals surface area (Å²) in [7, 11) is 0. The van der Waals surface area contributed by atoms with E-state index >= 15 is 0 Å². The molecular formula is C15H22FN3O. The number of carbonyl (C=O) groups is 1. The molecule has 4 nitrogen and oxygen atoms in total. The molecule has 20 heavy (non-hydrogen) atoms. The number of hydrogen-bond acceptors (Lipinski definition) is 3. The van der Waals surface area contributed by atoms with Gasteiger partial charge in [0.05, 0.1) is 6.54 Å². The summed E-state index contributed by atoms with van der Waals surface area (Å²) in [6.07, 6.45) is 3.69. The highest BCUT2D eigenvalue weighted by atomic mass is 19.1. The molecule has 2 N–H and O–H groups in total. The van der Waals surface area contributed by atoms with Gasteiger partial charge >= 0.3 is 0 Å². The van der Waals surface area contributed by atoms with Gasteiger partial charge in [-0.3, -0.25) is 4.79 Å². The Labute approximate surface area is 119 Å². The zero-order chi connectivity index (χ0) is 14.2. The van der Waals surface area contributed by atoms with Crippen LogP contribution in [-0.4, -0.2) is 43.5 Å². The summed E-state index contributed by atoms with van der Waals surface area (Å²) < 4.78 is 12.7. The second-order valence-corrected chi connectivity index (χ2v) is 5.13. The highest BCUT2D eigenvalue weighted by Crippen LogP contribution is 2.08. The number of rotatable bonds is 7. The van der Waals surface area contributed by atoms with Gasteiger partial charge in [-0.25, -0.2) is 4.39 Å². The van der Waals surface area contributed by atoms with Crippen molar-refractivity contribution in [3.05, 3.63) is 30.1 Å². The van der Waals surface area contributed by atoms with Gasteiger partial charge < -0.3 is 15.5 Å². The van der Waals surface area contributed by atoms with E-state index in [2.05, 4.69) is 15.5 Å². The van der Waals surface area contributed by atoms with Gasteiger partial charge in [-0.15, -0.1) is 0 Å². The fourth-order valence-electron chi connectivity index (χ4n) is 2.37. The van der Waals surface area contributed by atoms with Crippen LogP contribution < -0.4 is 10.6 Å².